The summed E-state index contributed by atoms with van der Waals surface area (Å²) in [5.41, 5.74) is 4.95. The number of methoxy groups -OCH3 is 1. The zero-order chi connectivity index (χ0) is 15.4. The number of benzene rings is 1. The maximum Gasteiger partial charge on any atom is 0.0760 e. The van der Waals surface area contributed by atoms with E-state index in [1.807, 2.05) is 17.9 Å². The van der Waals surface area contributed by atoms with E-state index >= 15 is 0 Å². The molecule has 0 aliphatic heterocycles. The molecule has 0 aliphatic rings. The van der Waals surface area contributed by atoms with Crippen LogP contribution in [0.15, 0.2) is 28.9 Å². The van der Waals surface area contributed by atoms with Gasteiger partial charge >= 0.3 is 0 Å². The SMILES string of the molecule is CNC(c1ccc(C)cc1C)c1c(Br)cnn1CCOC. The van der Waals surface area contributed by atoms with Crippen molar-refractivity contribution in [3.05, 3.63) is 51.3 Å². The Labute approximate surface area is 134 Å². The van der Waals surface area contributed by atoms with Gasteiger partial charge in [0.2, 0.25) is 0 Å². The van der Waals surface area contributed by atoms with Crippen molar-refractivity contribution in [2.45, 2.75) is 26.4 Å². The highest BCUT2D eigenvalue weighted by atomic mass is 79.9. The van der Waals surface area contributed by atoms with Gasteiger partial charge in [0.15, 0.2) is 0 Å². The smallest absolute Gasteiger partial charge is 0.0760 e. The van der Waals surface area contributed by atoms with Gasteiger partial charge in [0, 0.05) is 7.11 Å². The van der Waals surface area contributed by atoms with Crippen LogP contribution in [0.3, 0.4) is 0 Å². The summed E-state index contributed by atoms with van der Waals surface area (Å²) in [6, 6.07) is 6.64. The third-order valence-electron chi connectivity index (χ3n) is 3.64. The monoisotopic (exact) mass is 351 g/mol. The maximum absolute atomic E-state index is 5.17. The lowest BCUT2D eigenvalue weighted by atomic mass is 9.97. The zero-order valence-corrected chi connectivity index (χ0v) is 14.6. The quantitative estimate of drug-likeness (QED) is 0.868. The van der Waals surface area contributed by atoms with Crippen LogP contribution in [-0.2, 0) is 11.3 Å². The highest BCUT2D eigenvalue weighted by Crippen LogP contribution is 2.30. The summed E-state index contributed by atoms with van der Waals surface area (Å²) < 4.78 is 8.18. The van der Waals surface area contributed by atoms with Crippen molar-refractivity contribution >= 4 is 15.9 Å². The van der Waals surface area contributed by atoms with Crippen molar-refractivity contribution < 1.29 is 4.74 Å². The van der Waals surface area contributed by atoms with Gasteiger partial charge in [-0.25, -0.2) is 0 Å². The summed E-state index contributed by atoms with van der Waals surface area (Å²) in [5, 5.41) is 7.85. The van der Waals surface area contributed by atoms with Crippen LogP contribution in [0.2, 0.25) is 0 Å². The molecule has 2 aromatic rings. The molecule has 1 atom stereocenters. The maximum atomic E-state index is 5.17. The molecule has 2 rings (SSSR count). The first kappa shape index (κ1) is 16.2. The summed E-state index contributed by atoms with van der Waals surface area (Å²) in [6.45, 7) is 5.64. The van der Waals surface area contributed by atoms with Crippen molar-refractivity contribution in [1.29, 1.82) is 0 Å². The molecule has 1 aromatic carbocycles. The van der Waals surface area contributed by atoms with Crippen LogP contribution >= 0.6 is 15.9 Å². The van der Waals surface area contributed by atoms with E-state index < -0.39 is 0 Å². The van der Waals surface area contributed by atoms with Gasteiger partial charge in [-0.2, -0.15) is 5.10 Å². The van der Waals surface area contributed by atoms with E-state index in [4.69, 9.17) is 4.74 Å². The Bertz CT molecular complexity index is 610. The van der Waals surface area contributed by atoms with E-state index in [-0.39, 0.29) is 6.04 Å². The fraction of sp³-hybridized carbons (Fsp3) is 0.438. The fourth-order valence-corrected chi connectivity index (χ4v) is 3.13. The van der Waals surface area contributed by atoms with E-state index in [0.717, 1.165) is 16.7 Å². The van der Waals surface area contributed by atoms with Crippen molar-refractivity contribution in [2.24, 2.45) is 0 Å². The lowest BCUT2D eigenvalue weighted by Gasteiger charge is -2.21. The van der Waals surface area contributed by atoms with E-state index in [1.54, 1.807) is 7.11 Å². The third kappa shape index (κ3) is 3.54. The topological polar surface area (TPSA) is 39.1 Å². The molecule has 0 radical (unpaired) electrons. The molecule has 4 nitrogen and oxygen atoms in total. The molecule has 0 saturated heterocycles. The predicted octanol–water partition coefficient (Wildman–Crippen LogP) is 3.22. The summed E-state index contributed by atoms with van der Waals surface area (Å²) in [5.74, 6) is 0. The molecule has 0 spiro atoms. The molecule has 0 saturated carbocycles. The van der Waals surface area contributed by atoms with Crippen LogP contribution in [0.4, 0.5) is 0 Å². The molecular weight excluding hydrogens is 330 g/mol. The largest absolute Gasteiger partial charge is 0.383 e. The highest BCUT2D eigenvalue weighted by Gasteiger charge is 2.21. The molecule has 0 fully saturated rings. The first-order valence-corrected chi connectivity index (χ1v) is 7.82. The Balaban J connectivity index is 2.43. The third-order valence-corrected chi connectivity index (χ3v) is 4.25. The first-order valence-electron chi connectivity index (χ1n) is 7.03. The van der Waals surface area contributed by atoms with E-state index in [2.05, 4.69) is 58.4 Å². The van der Waals surface area contributed by atoms with E-state index in [9.17, 15) is 0 Å². The van der Waals surface area contributed by atoms with Gasteiger partial charge < -0.3 is 10.1 Å². The number of aryl methyl sites for hydroxylation is 2. The number of nitrogens with zero attached hydrogens (tertiary/aromatic N) is 2. The van der Waals surface area contributed by atoms with Crippen LogP contribution in [0.1, 0.15) is 28.4 Å². The zero-order valence-electron chi connectivity index (χ0n) is 13.0. The van der Waals surface area contributed by atoms with Gasteiger partial charge in [-0.05, 0) is 48.0 Å². The van der Waals surface area contributed by atoms with Gasteiger partial charge in [-0.1, -0.05) is 23.8 Å². The number of halogens is 1. The standard InChI is InChI=1S/C16H22BrN3O/c1-11-5-6-13(12(2)9-11)15(18-3)16-14(17)10-19-20(16)7-8-21-4/h5-6,9-10,15,18H,7-8H2,1-4H3. The Morgan fingerprint density at radius 2 is 2.14 bits per heavy atom. The molecule has 5 heteroatoms. The molecule has 0 amide bonds. The Kier molecular flexibility index (Phi) is 5.56. The van der Waals surface area contributed by atoms with Crippen LogP contribution in [-0.4, -0.2) is 30.5 Å². The van der Waals surface area contributed by atoms with Crippen molar-refractivity contribution in [3.63, 3.8) is 0 Å². The average molecular weight is 352 g/mol. The van der Waals surface area contributed by atoms with Gasteiger partial charge in [0.25, 0.3) is 0 Å². The van der Waals surface area contributed by atoms with Gasteiger partial charge in [-0.3, -0.25) is 4.68 Å². The second-order valence-corrected chi connectivity index (χ2v) is 6.03. The lowest BCUT2D eigenvalue weighted by molar-refractivity contribution is 0.182. The Morgan fingerprint density at radius 1 is 1.38 bits per heavy atom. The van der Waals surface area contributed by atoms with E-state index in [0.29, 0.717) is 6.61 Å². The summed E-state index contributed by atoms with van der Waals surface area (Å²) in [7, 11) is 3.68. The summed E-state index contributed by atoms with van der Waals surface area (Å²) in [6.07, 6.45) is 1.85. The van der Waals surface area contributed by atoms with Crippen molar-refractivity contribution in [3.8, 4) is 0 Å². The minimum absolute atomic E-state index is 0.0966. The lowest BCUT2D eigenvalue weighted by Crippen LogP contribution is -2.23. The van der Waals surface area contributed by atoms with E-state index in [1.165, 1.54) is 16.7 Å². The summed E-state index contributed by atoms with van der Waals surface area (Å²) in [4.78, 5) is 0. The van der Waals surface area contributed by atoms with Gasteiger partial charge in [-0.15, -0.1) is 0 Å². The normalized spacial score (nSPS) is 12.6. The second kappa shape index (κ2) is 7.20. The van der Waals surface area contributed by atoms with Crippen LogP contribution in [0.5, 0.6) is 0 Å². The number of nitrogens with one attached hydrogen (secondary N) is 1. The average Bonchev–Trinajstić information content (AvgIpc) is 2.81. The van der Waals surface area contributed by atoms with Crippen LogP contribution < -0.4 is 5.32 Å². The molecule has 1 N–H and O–H groups in total. The minimum Gasteiger partial charge on any atom is -0.383 e. The molecule has 21 heavy (non-hydrogen) atoms. The second-order valence-electron chi connectivity index (χ2n) is 5.18. The predicted molar refractivity (Wildman–Crippen MR) is 88.6 cm³/mol. The minimum atomic E-state index is 0.0966. The Morgan fingerprint density at radius 3 is 2.76 bits per heavy atom. The first-order chi connectivity index (χ1) is 10.1. The number of aromatic nitrogens is 2. The molecule has 0 aliphatic carbocycles. The number of ether oxygens (including phenoxy) is 1. The van der Waals surface area contributed by atoms with Gasteiger partial charge in [0.1, 0.15) is 0 Å². The van der Waals surface area contributed by atoms with Crippen molar-refractivity contribution in [1.82, 2.24) is 15.1 Å². The Hall–Kier alpha value is -1.17. The molecule has 1 unspecified atom stereocenters. The van der Waals surface area contributed by atoms with Crippen molar-refractivity contribution in [2.75, 3.05) is 20.8 Å². The molecule has 114 valence electrons. The molecular formula is C16H22BrN3O. The fourth-order valence-electron chi connectivity index (χ4n) is 2.60. The number of hydrogen-bond donors (Lipinski definition) is 1. The molecule has 1 heterocycles. The number of rotatable bonds is 6. The van der Waals surface area contributed by atoms with Crippen LogP contribution in [0.25, 0.3) is 0 Å². The highest BCUT2D eigenvalue weighted by molar-refractivity contribution is 9.10. The summed E-state index contributed by atoms with van der Waals surface area (Å²) >= 11 is 3.62. The number of hydrogen-bond acceptors (Lipinski definition) is 3. The molecule has 0 bridgehead atoms. The van der Waals surface area contributed by atoms with Gasteiger partial charge in [0.05, 0.1) is 35.6 Å². The molecule has 1 aromatic heterocycles. The van der Waals surface area contributed by atoms with Crippen LogP contribution in [0, 0.1) is 13.8 Å².